The quantitative estimate of drug-likeness (QED) is 0.624. The Morgan fingerprint density at radius 3 is 2.42 bits per heavy atom. The minimum absolute atomic E-state index is 0.0672. The molecule has 0 atom stereocenters. The average molecular weight is 486 g/mol. The third-order valence-electron chi connectivity index (χ3n) is 4.88. The zero-order valence-corrected chi connectivity index (χ0v) is 19.7. The first-order valence-electron chi connectivity index (χ1n) is 9.63. The number of fused-ring (bicyclic) bond motifs is 1. The minimum atomic E-state index is -3.46. The highest BCUT2D eigenvalue weighted by molar-refractivity contribution is 7.92. The first-order chi connectivity index (χ1) is 14.5. The number of carbonyl (C=O) groups excluding carboxylic acids is 2. The Kier molecular flexibility index (Phi) is 6.59. The van der Waals surface area contributed by atoms with Crippen molar-refractivity contribution in [3.8, 4) is 0 Å². The third kappa shape index (κ3) is 4.83. The highest BCUT2D eigenvalue weighted by atomic mass is 32.2. The van der Waals surface area contributed by atoms with Gasteiger partial charge in [0.2, 0.25) is 0 Å². The van der Waals surface area contributed by atoms with Gasteiger partial charge in [-0.05, 0) is 57.0 Å². The fourth-order valence-electron chi connectivity index (χ4n) is 3.17. The molecule has 1 amide bonds. The lowest BCUT2D eigenvalue weighted by atomic mass is 10.1. The summed E-state index contributed by atoms with van der Waals surface area (Å²) in [4.78, 5) is 25.9. The summed E-state index contributed by atoms with van der Waals surface area (Å²) in [6.45, 7) is 4.95. The molecule has 11 heteroatoms. The molecule has 1 aromatic heterocycles. The Labute approximate surface area is 185 Å². The molecule has 1 N–H and O–H groups in total. The van der Waals surface area contributed by atoms with Gasteiger partial charge >= 0.3 is 5.97 Å². The van der Waals surface area contributed by atoms with E-state index < -0.39 is 36.8 Å². The highest BCUT2D eigenvalue weighted by Gasteiger charge is 2.32. The van der Waals surface area contributed by atoms with Gasteiger partial charge in [0.25, 0.3) is 5.91 Å². The number of hydrogen-bond acceptors (Lipinski definition) is 8. The number of esters is 1. The molecule has 1 aromatic carbocycles. The zero-order chi connectivity index (χ0) is 23.0. The predicted octanol–water partition coefficient (Wildman–Crippen LogP) is 2.83. The van der Waals surface area contributed by atoms with Gasteiger partial charge in [-0.15, -0.1) is 11.3 Å². The van der Waals surface area contributed by atoms with E-state index in [1.54, 1.807) is 20.8 Å². The summed E-state index contributed by atoms with van der Waals surface area (Å²) < 4.78 is 53.6. The van der Waals surface area contributed by atoms with Crippen LogP contribution in [0, 0.1) is 0 Å². The first-order valence-corrected chi connectivity index (χ1v) is 13.8. The number of amides is 1. The zero-order valence-electron chi connectivity index (χ0n) is 17.3. The number of rotatable bonds is 6. The van der Waals surface area contributed by atoms with Gasteiger partial charge < -0.3 is 10.1 Å². The van der Waals surface area contributed by atoms with Gasteiger partial charge in [0.15, 0.2) is 19.7 Å². The van der Waals surface area contributed by atoms with Crippen molar-refractivity contribution in [2.45, 2.75) is 43.1 Å². The minimum Gasteiger partial charge on any atom is -0.462 e. The summed E-state index contributed by atoms with van der Waals surface area (Å²) in [6.07, 6.45) is 0.180. The summed E-state index contributed by atoms with van der Waals surface area (Å²) in [6, 6.07) is 5.52. The SMILES string of the molecule is CCOC(=O)c1c(NC(=O)c2ccc(S(=O)(=O)C(C)C)cc2)sc2c1CCS(=O)(=O)C2. The topological polar surface area (TPSA) is 124 Å². The van der Waals surface area contributed by atoms with Crippen molar-refractivity contribution in [1.82, 2.24) is 0 Å². The fourth-order valence-corrected chi connectivity index (χ4v) is 7.27. The van der Waals surface area contributed by atoms with Crippen molar-refractivity contribution in [3.05, 3.63) is 45.8 Å². The van der Waals surface area contributed by atoms with Crippen LogP contribution in [0.1, 0.15) is 51.9 Å². The number of anilines is 1. The Bertz CT molecular complexity index is 1220. The van der Waals surface area contributed by atoms with E-state index in [4.69, 9.17) is 4.74 Å². The van der Waals surface area contributed by atoms with E-state index in [1.165, 1.54) is 24.3 Å². The second-order valence-corrected chi connectivity index (χ2v) is 13.1. The maximum Gasteiger partial charge on any atom is 0.341 e. The molecular formula is C20H23NO7S3. The van der Waals surface area contributed by atoms with Crippen LogP contribution in [0.2, 0.25) is 0 Å². The normalized spacial score (nSPS) is 15.4. The monoisotopic (exact) mass is 485 g/mol. The van der Waals surface area contributed by atoms with Gasteiger partial charge in [-0.25, -0.2) is 21.6 Å². The number of nitrogens with one attached hydrogen (secondary N) is 1. The van der Waals surface area contributed by atoms with Gasteiger partial charge in [-0.1, -0.05) is 0 Å². The third-order valence-corrected chi connectivity index (χ3v) is 9.93. The Balaban J connectivity index is 1.92. The standard InChI is InChI=1S/C20H23NO7S3/c1-4-28-20(23)17-15-9-10-30(24,25)11-16(15)29-19(17)21-18(22)13-5-7-14(8-6-13)31(26,27)12(2)3/h5-8,12H,4,9-11H2,1-3H3,(H,21,22). The number of sulfone groups is 2. The molecule has 0 saturated heterocycles. The number of ether oxygens (including phenoxy) is 1. The highest BCUT2D eigenvalue weighted by Crippen LogP contribution is 2.38. The van der Waals surface area contributed by atoms with Crippen LogP contribution in [0.25, 0.3) is 0 Å². The molecule has 8 nitrogen and oxygen atoms in total. The van der Waals surface area contributed by atoms with Crippen molar-refractivity contribution in [3.63, 3.8) is 0 Å². The molecule has 1 aliphatic heterocycles. The van der Waals surface area contributed by atoms with Crippen molar-refractivity contribution in [2.75, 3.05) is 17.7 Å². The second-order valence-electron chi connectivity index (χ2n) is 7.34. The van der Waals surface area contributed by atoms with E-state index >= 15 is 0 Å². The smallest absolute Gasteiger partial charge is 0.341 e. The van der Waals surface area contributed by atoms with Gasteiger partial charge in [0.1, 0.15) is 5.00 Å². The maximum atomic E-state index is 12.8. The van der Waals surface area contributed by atoms with Crippen molar-refractivity contribution >= 4 is 47.9 Å². The molecule has 0 fully saturated rings. The summed E-state index contributed by atoms with van der Waals surface area (Å²) >= 11 is 1.04. The largest absolute Gasteiger partial charge is 0.462 e. The predicted molar refractivity (Wildman–Crippen MR) is 118 cm³/mol. The van der Waals surface area contributed by atoms with E-state index in [0.717, 1.165) is 11.3 Å². The lowest BCUT2D eigenvalue weighted by Gasteiger charge is -2.13. The van der Waals surface area contributed by atoms with Crippen LogP contribution in [0.5, 0.6) is 0 Å². The van der Waals surface area contributed by atoms with Gasteiger partial charge in [-0.2, -0.15) is 0 Å². The molecule has 0 spiro atoms. The van der Waals surface area contributed by atoms with Crippen LogP contribution in [-0.2, 0) is 36.6 Å². The number of thiophene rings is 1. The molecule has 3 rings (SSSR count). The van der Waals surface area contributed by atoms with Crippen LogP contribution in [-0.4, -0.2) is 46.3 Å². The van der Waals surface area contributed by atoms with E-state index in [2.05, 4.69) is 5.32 Å². The fraction of sp³-hybridized carbons (Fsp3) is 0.400. The first kappa shape index (κ1) is 23.4. The Hall–Kier alpha value is -2.24. The van der Waals surface area contributed by atoms with Crippen molar-refractivity contribution in [2.24, 2.45) is 0 Å². The summed E-state index contributed by atoms with van der Waals surface area (Å²) in [5.74, 6) is -1.41. The summed E-state index contributed by atoms with van der Waals surface area (Å²) in [7, 11) is -6.72. The maximum absolute atomic E-state index is 12.8. The van der Waals surface area contributed by atoms with Crippen LogP contribution in [0.15, 0.2) is 29.2 Å². The number of carbonyl (C=O) groups is 2. The molecule has 1 aliphatic rings. The molecule has 168 valence electrons. The number of benzene rings is 1. The average Bonchev–Trinajstić information content (AvgIpc) is 3.03. The van der Waals surface area contributed by atoms with Crippen LogP contribution >= 0.6 is 11.3 Å². The molecule has 2 heterocycles. The van der Waals surface area contributed by atoms with Gasteiger partial charge in [0, 0.05) is 10.4 Å². The van der Waals surface area contributed by atoms with Crippen LogP contribution < -0.4 is 5.32 Å². The summed E-state index contributed by atoms with van der Waals surface area (Å²) in [5, 5.41) is 2.30. The summed E-state index contributed by atoms with van der Waals surface area (Å²) in [5.41, 5.74) is 0.979. The Morgan fingerprint density at radius 2 is 1.84 bits per heavy atom. The number of hydrogen-bond donors (Lipinski definition) is 1. The molecular weight excluding hydrogens is 462 g/mol. The molecule has 31 heavy (non-hydrogen) atoms. The van der Waals surface area contributed by atoms with Crippen LogP contribution in [0.3, 0.4) is 0 Å². The second kappa shape index (κ2) is 8.71. The van der Waals surface area contributed by atoms with E-state index in [0.29, 0.717) is 10.4 Å². The molecule has 0 aliphatic carbocycles. The van der Waals surface area contributed by atoms with E-state index in [9.17, 15) is 26.4 Å². The van der Waals surface area contributed by atoms with Gasteiger partial charge in [0.05, 0.1) is 33.8 Å². The molecule has 0 radical (unpaired) electrons. The van der Waals surface area contributed by atoms with Gasteiger partial charge in [-0.3, -0.25) is 4.79 Å². The van der Waals surface area contributed by atoms with Crippen molar-refractivity contribution in [1.29, 1.82) is 0 Å². The van der Waals surface area contributed by atoms with Crippen molar-refractivity contribution < 1.29 is 31.2 Å². The van der Waals surface area contributed by atoms with Crippen LogP contribution in [0.4, 0.5) is 5.00 Å². The van der Waals surface area contributed by atoms with E-state index in [1.807, 2.05) is 0 Å². The molecule has 0 unspecified atom stereocenters. The molecule has 2 aromatic rings. The molecule has 0 saturated carbocycles. The van der Waals surface area contributed by atoms with E-state index in [-0.39, 0.29) is 45.6 Å². The Morgan fingerprint density at radius 1 is 1.19 bits per heavy atom. The molecule has 0 bridgehead atoms. The lowest BCUT2D eigenvalue weighted by Crippen LogP contribution is -2.20. The lowest BCUT2D eigenvalue weighted by molar-refractivity contribution is 0.0526.